The number of para-hydroxylation sites is 2. The van der Waals surface area contributed by atoms with Crippen molar-refractivity contribution in [2.24, 2.45) is 0 Å². The summed E-state index contributed by atoms with van der Waals surface area (Å²) in [6.07, 6.45) is 1.50. The first-order valence-electron chi connectivity index (χ1n) is 9.07. The van der Waals surface area contributed by atoms with Crippen LogP contribution in [0.25, 0.3) is 27.6 Å². The fraction of sp³-hybridized carbons (Fsp3) is 0.0476. The molecule has 0 fully saturated rings. The van der Waals surface area contributed by atoms with E-state index < -0.39 is 0 Å². The summed E-state index contributed by atoms with van der Waals surface area (Å²) in [5.74, 6) is 0.310. The average Bonchev–Trinajstić information content (AvgIpc) is 3.17. The van der Waals surface area contributed by atoms with Gasteiger partial charge in [0.1, 0.15) is 5.39 Å². The van der Waals surface area contributed by atoms with Gasteiger partial charge in [-0.05, 0) is 23.8 Å². The summed E-state index contributed by atoms with van der Waals surface area (Å²) in [5, 5.41) is 8.75. The minimum atomic E-state index is -0.282. The molecule has 8 heteroatoms. The van der Waals surface area contributed by atoms with Gasteiger partial charge in [0, 0.05) is 23.5 Å². The number of nitrogens with one attached hydrogen (secondary N) is 3. The lowest BCUT2D eigenvalue weighted by atomic mass is 10.1. The van der Waals surface area contributed by atoms with Crippen molar-refractivity contribution in [1.29, 1.82) is 0 Å². The normalized spacial score (nSPS) is 11.2. The van der Waals surface area contributed by atoms with Gasteiger partial charge < -0.3 is 10.3 Å². The van der Waals surface area contributed by atoms with Crippen LogP contribution in [0.4, 0.5) is 5.95 Å². The molecule has 2 aromatic carbocycles. The summed E-state index contributed by atoms with van der Waals surface area (Å²) in [4.78, 5) is 34.5. The molecule has 0 spiro atoms. The maximum absolute atomic E-state index is 12.5. The van der Waals surface area contributed by atoms with Crippen LogP contribution < -0.4 is 16.4 Å². The van der Waals surface area contributed by atoms with E-state index in [1.807, 2.05) is 54.6 Å². The first-order valence-corrected chi connectivity index (χ1v) is 9.07. The standard InChI is InChI=1S/C21H16N6O2/c28-18-10-13(15-8-4-5-9-17(15)24-18)11-22-21-25-19-16(20(29)26-21)12-23-27(19)14-6-2-1-3-7-14/h1-10,12H,11H2,(H,24,28)(H2,22,25,26,29). The Morgan fingerprint density at radius 3 is 2.59 bits per heavy atom. The van der Waals surface area contributed by atoms with E-state index in [0.29, 0.717) is 23.5 Å². The number of benzene rings is 2. The Hall–Kier alpha value is -4.20. The zero-order valence-electron chi connectivity index (χ0n) is 15.2. The lowest BCUT2D eigenvalue weighted by molar-refractivity contribution is 0.893. The highest BCUT2D eigenvalue weighted by molar-refractivity contribution is 5.82. The second-order valence-electron chi connectivity index (χ2n) is 6.60. The molecule has 0 unspecified atom stereocenters. The van der Waals surface area contributed by atoms with Gasteiger partial charge in [-0.2, -0.15) is 10.1 Å². The molecule has 0 bridgehead atoms. The Bertz CT molecular complexity index is 1450. The fourth-order valence-electron chi connectivity index (χ4n) is 3.36. The van der Waals surface area contributed by atoms with Crippen LogP contribution in [0.1, 0.15) is 5.56 Å². The van der Waals surface area contributed by atoms with Crippen molar-refractivity contribution in [1.82, 2.24) is 24.7 Å². The van der Waals surface area contributed by atoms with Crippen LogP contribution >= 0.6 is 0 Å². The largest absolute Gasteiger partial charge is 0.352 e. The van der Waals surface area contributed by atoms with Gasteiger partial charge in [-0.15, -0.1) is 0 Å². The summed E-state index contributed by atoms with van der Waals surface area (Å²) in [6, 6.07) is 18.6. The first-order chi connectivity index (χ1) is 14.2. The molecule has 0 amide bonds. The molecule has 0 aliphatic carbocycles. The molecular weight excluding hydrogens is 368 g/mol. The quantitative estimate of drug-likeness (QED) is 0.441. The van der Waals surface area contributed by atoms with Crippen molar-refractivity contribution in [3.63, 3.8) is 0 Å². The van der Waals surface area contributed by atoms with Crippen molar-refractivity contribution in [2.45, 2.75) is 6.54 Å². The highest BCUT2D eigenvalue weighted by atomic mass is 16.1. The van der Waals surface area contributed by atoms with Crippen LogP contribution in [0.3, 0.4) is 0 Å². The van der Waals surface area contributed by atoms with E-state index in [1.54, 1.807) is 10.7 Å². The molecule has 29 heavy (non-hydrogen) atoms. The Morgan fingerprint density at radius 1 is 0.931 bits per heavy atom. The van der Waals surface area contributed by atoms with E-state index in [2.05, 4.69) is 25.4 Å². The maximum Gasteiger partial charge on any atom is 0.263 e. The third kappa shape index (κ3) is 3.06. The van der Waals surface area contributed by atoms with Crippen LogP contribution in [-0.4, -0.2) is 24.7 Å². The van der Waals surface area contributed by atoms with E-state index in [4.69, 9.17) is 0 Å². The van der Waals surface area contributed by atoms with E-state index in [1.165, 1.54) is 6.20 Å². The maximum atomic E-state index is 12.5. The average molecular weight is 384 g/mol. The number of H-pyrrole nitrogens is 2. The van der Waals surface area contributed by atoms with Gasteiger partial charge in [-0.25, -0.2) is 4.68 Å². The number of nitrogens with zero attached hydrogens (tertiary/aromatic N) is 3. The van der Waals surface area contributed by atoms with Crippen LogP contribution in [0.5, 0.6) is 0 Å². The number of rotatable bonds is 4. The SMILES string of the molecule is O=c1cc(CNc2nc3c(cnn3-c3ccccc3)c(=O)[nH]2)c2ccccc2[nH]1. The molecule has 0 saturated heterocycles. The first kappa shape index (κ1) is 16.9. The minimum absolute atomic E-state index is 0.181. The van der Waals surface area contributed by atoms with E-state index >= 15 is 0 Å². The molecule has 3 heterocycles. The zero-order valence-corrected chi connectivity index (χ0v) is 15.2. The highest BCUT2D eigenvalue weighted by Gasteiger charge is 2.12. The van der Waals surface area contributed by atoms with Crippen LogP contribution in [0.2, 0.25) is 0 Å². The number of anilines is 1. The third-order valence-electron chi connectivity index (χ3n) is 4.72. The molecule has 0 atom stereocenters. The van der Waals surface area contributed by atoms with Crippen LogP contribution in [0.15, 0.2) is 76.4 Å². The molecule has 0 radical (unpaired) electrons. The van der Waals surface area contributed by atoms with E-state index in [-0.39, 0.29) is 11.1 Å². The zero-order chi connectivity index (χ0) is 19.8. The van der Waals surface area contributed by atoms with Gasteiger partial charge in [0.05, 0.1) is 11.9 Å². The number of hydrogen-bond donors (Lipinski definition) is 3. The summed E-state index contributed by atoms with van der Waals surface area (Å²) in [7, 11) is 0. The fourth-order valence-corrected chi connectivity index (χ4v) is 3.36. The molecule has 5 rings (SSSR count). The molecule has 8 nitrogen and oxygen atoms in total. The van der Waals surface area contributed by atoms with Gasteiger partial charge in [0.25, 0.3) is 5.56 Å². The molecule has 3 N–H and O–H groups in total. The summed E-state index contributed by atoms with van der Waals surface area (Å²) >= 11 is 0. The Morgan fingerprint density at radius 2 is 1.72 bits per heavy atom. The van der Waals surface area contributed by atoms with Crippen molar-refractivity contribution in [3.05, 3.63) is 93.1 Å². The van der Waals surface area contributed by atoms with Gasteiger partial charge in [-0.3, -0.25) is 14.6 Å². The van der Waals surface area contributed by atoms with Gasteiger partial charge >= 0.3 is 0 Å². The number of hydrogen-bond acceptors (Lipinski definition) is 5. The van der Waals surface area contributed by atoms with E-state index in [0.717, 1.165) is 22.2 Å². The topological polar surface area (TPSA) is 108 Å². The van der Waals surface area contributed by atoms with Crippen molar-refractivity contribution < 1.29 is 0 Å². The molecule has 3 aromatic heterocycles. The Labute approximate surface area is 163 Å². The van der Waals surface area contributed by atoms with Gasteiger partial charge in [0.2, 0.25) is 11.5 Å². The number of fused-ring (bicyclic) bond motifs is 2. The number of aromatic amines is 2. The molecular formula is C21H16N6O2. The van der Waals surface area contributed by atoms with Gasteiger partial charge in [-0.1, -0.05) is 36.4 Å². The Kier molecular flexibility index (Phi) is 3.94. The van der Waals surface area contributed by atoms with Crippen LogP contribution in [-0.2, 0) is 6.54 Å². The summed E-state index contributed by atoms with van der Waals surface area (Å²) < 4.78 is 1.62. The molecule has 0 aliphatic rings. The molecule has 5 aromatic rings. The summed E-state index contributed by atoms with van der Waals surface area (Å²) in [6.45, 7) is 0.332. The lowest BCUT2D eigenvalue weighted by Crippen LogP contribution is -2.15. The summed E-state index contributed by atoms with van der Waals surface area (Å²) in [5.41, 5.74) is 2.37. The number of aromatic nitrogens is 5. The van der Waals surface area contributed by atoms with E-state index in [9.17, 15) is 9.59 Å². The molecule has 0 aliphatic heterocycles. The molecule has 142 valence electrons. The second kappa shape index (κ2) is 6.75. The molecule has 0 saturated carbocycles. The number of pyridine rings is 1. The van der Waals surface area contributed by atoms with Crippen molar-refractivity contribution >= 4 is 27.9 Å². The van der Waals surface area contributed by atoms with Crippen LogP contribution in [0, 0.1) is 0 Å². The predicted molar refractivity (Wildman–Crippen MR) is 111 cm³/mol. The lowest BCUT2D eigenvalue weighted by Gasteiger charge is -2.09. The smallest absolute Gasteiger partial charge is 0.263 e. The Balaban J connectivity index is 1.54. The van der Waals surface area contributed by atoms with Crippen molar-refractivity contribution in [3.8, 4) is 5.69 Å². The second-order valence-corrected chi connectivity index (χ2v) is 6.60. The van der Waals surface area contributed by atoms with Crippen molar-refractivity contribution in [2.75, 3.05) is 5.32 Å². The monoisotopic (exact) mass is 384 g/mol. The third-order valence-corrected chi connectivity index (χ3v) is 4.72. The predicted octanol–water partition coefficient (Wildman–Crippen LogP) is 2.56. The highest BCUT2D eigenvalue weighted by Crippen LogP contribution is 2.17. The minimum Gasteiger partial charge on any atom is -0.352 e. The van der Waals surface area contributed by atoms with Gasteiger partial charge in [0.15, 0.2) is 5.65 Å².